The van der Waals surface area contributed by atoms with Crippen LogP contribution in [0.5, 0.6) is 0 Å². The van der Waals surface area contributed by atoms with Crippen LogP contribution in [0.3, 0.4) is 0 Å². The summed E-state index contributed by atoms with van der Waals surface area (Å²) in [6, 6.07) is 12.0. The number of nitrogens with one attached hydrogen (secondary N) is 1. The average Bonchev–Trinajstić information content (AvgIpc) is 3.05. The molecule has 0 aliphatic heterocycles. The van der Waals surface area contributed by atoms with Crippen LogP contribution < -0.4 is 5.73 Å². The number of anilines is 1. The Hall–Kier alpha value is -3.32. The van der Waals surface area contributed by atoms with Gasteiger partial charge in [0.15, 0.2) is 0 Å². The van der Waals surface area contributed by atoms with E-state index < -0.39 is 18.0 Å². The van der Waals surface area contributed by atoms with E-state index in [4.69, 9.17) is 10.8 Å². The molecular formula is C20H21N3O4. The van der Waals surface area contributed by atoms with E-state index in [1.807, 2.05) is 24.3 Å². The number of aliphatic hydroxyl groups is 1. The number of nitrogen functional groups attached to an aromatic ring is 1. The van der Waals surface area contributed by atoms with Crippen molar-refractivity contribution in [1.82, 2.24) is 9.88 Å². The van der Waals surface area contributed by atoms with Gasteiger partial charge in [0.05, 0.1) is 5.56 Å². The van der Waals surface area contributed by atoms with Crippen molar-refractivity contribution in [3.63, 3.8) is 0 Å². The fourth-order valence-electron chi connectivity index (χ4n) is 3.06. The summed E-state index contributed by atoms with van der Waals surface area (Å²) >= 11 is 0. The molecule has 1 heterocycles. The number of nitrogens with two attached hydrogens (primary N) is 1. The molecule has 0 radical (unpaired) electrons. The van der Waals surface area contributed by atoms with Gasteiger partial charge in [0.1, 0.15) is 6.10 Å². The molecule has 3 aromatic rings. The zero-order valence-electron chi connectivity index (χ0n) is 14.8. The minimum Gasteiger partial charge on any atom is -0.478 e. The van der Waals surface area contributed by atoms with E-state index in [0.29, 0.717) is 11.3 Å². The molecule has 0 aliphatic rings. The minimum atomic E-state index is -1.21. The Kier molecular flexibility index (Phi) is 5.14. The molecule has 140 valence electrons. The molecule has 27 heavy (non-hydrogen) atoms. The van der Waals surface area contributed by atoms with Crippen LogP contribution in [-0.2, 0) is 17.8 Å². The zero-order chi connectivity index (χ0) is 19.6. The topological polar surface area (TPSA) is 120 Å². The molecule has 1 unspecified atom stereocenters. The molecule has 1 aromatic heterocycles. The number of aromatic carboxylic acids is 1. The van der Waals surface area contributed by atoms with Gasteiger partial charge in [-0.15, -0.1) is 0 Å². The van der Waals surface area contributed by atoms with E-state index in [-0.39, 0.29) is 18.5 Å². The Bertz CT molecular complexity index is 996. The number of benzene rings is 2. The average molecular weight is 367 g/mol. The van der Waals surface area contributed by atoms with Gasteiger partial charge in [0.2, 0.25) is 0 Å². The van der Waals surface area contributed by atoms with Crippen molar-refractivity contribution in [2.24, 2.45) is 0 Å². The smallest absolute Gasteiger partial charge is 0.335 e. The third-order valence-electron chi connectivity index (χ3n) is 4.55. The Morgan fingerprint density at radius 1 is 1.19 bits per heavy atom. The fourth-order valence-corrected chi connectivity index (χ4v) is 3.06. The van der Waals surface area contributed by atoms with Crippen LogP contribution in [0.2, 0.25) is 0 Å². The second-order valence-corrected chi connectivity index (χ2v) is 6.49. The maximum absolute atomic E-state index is 12.5. The number of nitrogens with zero attached hydrogens (tertiary/aromatic N) is 1. The number of carboxylic acids is 1. The van der Waals surface area contributed by atoms with Crippen molar-refractivity contribution in [1.29, 1.82) is 0 Å². The largest absolute Gasteiger partial charge is 0.478 e. The number of aliphatic hydroxyl groups excluding tert-OH is 1. The van der Waals surface area contributed by atoms with Gasteiger partial charge in [-0.25, -0.2) is 4.79 Å². The number of carbonyl (C=O) groups excluding carboxylic acids is 1. The fraction of sp³-hybridized carbons (Fsp3) is 0.200. The summed E-state index contributed by atoms with van der Waals surface area (Å²) < 4.78 is 0. The van der Waals surface area contributed by atoms with Gasteiger partial charge in [0, 0.05) is 42.8 Å². The van der Waals surface area contributed by atoms with E-state index in [1.165, 1.54) is 23.1 Å². The molecule has 1 atom stereocenters. The molecule has 3 rings (SSSR count). The van der Waals surface area contributed by atoms with Crippen molar-refractivity contribution >= 4 is 28.5 Å². The molecule has 0 spiro atoms. The van der Waals surface area contributed by atoms with Crippen LogP contribution in [-0.4, -0.2) is 45.1 Å². The first-order valence-corrected chi connectivity index (χ1v) is 8.46. The molecule has 1 amide bonds. The van der Waals surface area contributed by atoms with Crippen LogP contribution in [0.4, 0.5) is 5.69 Å². The van der Waals surface area contributed by atoms with Crippen molar-refractivity contribution in [2.75, 3.05) is 12.8 Å². The lowest BCUT2D eigenvalue weighted by Crippen LogP contribution is -2.37. The van der Waals surface area contributed by atoms with Gasteiger partial charge in [-0.2, -0.15) is 0 Å². The third kappa shape index (κ3) is 3.93. The first-order chi connectivity index (χ1) is 12.9. The van der Waals surface area contributed by atoms with Gasteiger partial charge < -0.3 is 25.8 Å². The number of para-hydroxylation sites is 1. The Balaban J connectivity index is 1.71. The summed E-state index contributed by atoms with van der Waals surface area (Å²) in [5, 5.41) is 20.4. The molecule has 2 aromatic carbocycles. The Labute approximate surface area is 156 Å². The van der Waals surface area contributed by atoms with Gasteiger partial charge >= 0.3 is 5.97 Å². The van der Waals surface area contributed by atoms with Crippen LogP contribution in [0.25, 0.3) is 10.9 Å². The van der Waals surface area contributed by atoms with Gasteiger partial charge in [-0.3, -0.25) is 4.79 Å². The van der Waals surface area contributed by atoms with Crippen LogP contribution in [0.15, 0.2) is 48.7 Å². The van der Waals surface area contributed by atoms with Crippen LogP contribution >= 0.6 is 0 Å². The third-order valence-corrected chi connectivity index (χ3v) is 4.55. The standard InChI is InChI=1S/C20H21N3O4/c1-23(11-14-8-12(20(26)27)6-7-16(14)21)19(25)18(24)9-13-10-22-17-5-3-2-4-15(13)17/h2-8,10,18,22,24H,9,11,21H2,1H3,(H,26,27). The SMILES string of the molecule is CN(Cc1cc(C(=O)O)ccc1N)C(=O)C(O)Cc1c[nH]c2ccccc12. The maximum Gasteiger partial charge on any atom is 0.335 e. The highest BCUT2D eigenvalue weighted by atomic mass is 16.4. The molecule has 7 nitrogen and oxygen atoms in total. The lowest BCUT2D eigenvalue weighted by Gasteiger charge is -2.21. The highest BCUT2D eigenvalue weighted by Crippen LogP contribution is 2.20. The number of aromatic nitrogens is 1. The lowest BCUT2D eigenvalue weighted by molar-refractivity contribution is -0.139. The summed E-state index contributed by atoms with van der Waals surface area (Å²) in [6.07, 6.45) is 0.755. The van der Waals surface area contributed by atoms with E-state index in [1.54, 1.807) is 13.2 Å². The summed E-state index contributed by atoms with van der Waals surface area (Å²) in [6.45, 7) is 0.108. The first-order valence-electron chi connectivity index (χ1n) is 8.46. The van der Waals surface area contributed by atoms with Crippen LogP contribution in [0.1, 0.15) is 21.5 Å². The van der Waals surface area contributed by atoms with E-state index >= 15 is 0 Å². The molecular weight excluding hydrogens is 346 g/mol. The first kappa shape index (κ1) is 18.5. The summed E-state index contributed by atoms with van der Waals surface area (Å²) in [7, 11) is 1.55. The molecule has 0 saturated carbocycles. The maximum atomic E-state index is 12.5. The lowest BCUT2D eigenvalue weighted by atomic mass is 10.1. The van der Waals surface area contributed by atoms with Crippen molar-refractivity contribution in [3.05, 3.63) is 65.4 Å². The number of carboxylic acid groups (broad SMARTS) is 1. The highest BCUT2D eigenvalue weighted by molar-refractivity contribution is 5.89. The number of likely N-dealkylation sites (N-methyl/N-ethyl adjacent to an activating group) is 1. The summed E-state index contributed by atoms with van der Waals surface area (Å²) in [5.41, 5.74) is 8.70. The minimum absolute atomic E-state index is 0.0967. The number of fused-ring (bicyclic) bond motifs is 1. The van der Waals surface area contributed by atoms with E-state index in [2.05, 4.69) is 4.98 Å². The quantitative estimate of drug-likeness (QED) is 0.497. The van der Waals surface area contributed by atoms with Crippen LogP contribution in [0, 0.1) is 0 Å². The van der Waals surface area contributed by atoms with Crippen molar-refractivity contribution in [3.8, 4) is 0 Å². The molecule has 0 bridgehead atoms. The Morgan fingerprint density at radius 3 is 2.67 bits per heavy atom. The molecule has 5 N–H and O–H groups in total. The second-order valence-electron chi connectivity index (χ2n) is 6.49. The van der Waals surface area contributed by atoms with E-state index in [9.17, 15) is 14.7 Å². The number of H-pyrrole nitrogens is 1. The number of carbonyl (C=O) groups is 2. The molecule has 0 aliphatic carbocycles. The summed E-state index contributed by atoms with van der Waals surface area (Å²) in [4.78, 5) is 28.1. The Morgan fingerprint density at radius 2 is 1.93 bits per heavy atom. The van der Waals surface area contributed by atoms with E-state index in [0.717, 1.165) is 16.5 Å². The predicted molar refractivity (Wildman–Crippen MR) is 102 cm³/mol. The zero-order valence-corrected chi connectivity index (χ0v) is 14.8. The number of rotatable bonds is 6. The van der Waals surface area contributed by atoms with Gasteiger partial charge in [-0.1, -0.05) is 18.2 Å². The normalized spacial score (nSPS) is 12.1. The van der Waals surface area contributed by atoms with Gasteiger partial charge in [-0.05, 0) is 35.4 Å². The van der Waals surface area contributed by atoms with Crippen molar-refractivity contribution < 1.29 is 19.8 Å². The number of hydrogen-bond acceptors (Lipinski definition) is 4. The predicted octanol–water partition coefficient (Wildman–Crippen LogP) is 2.01. The van der Waals surface area contributed by atoms with Crippen molar-refractivity contribution in [2.45, 2.75) is 19.1 Å². The second kappa shape index (κ2) is 7.51. The molecule has 0 fully saturated rings. The summed E-state index contributed by atoms with van der Waals surface area (Å²) in [5.74, 6) is -1.52. The molecule has 7 heteroatoms. The number of hydrogen-bond donors (Lipinski definition) is 4. The highest BCUT2D eigenvalue weighted by Gasteiger charge is 2.22. The van der Waals surface area contributed by atoms with Gasteiger partial charge in [0.25, 0.3) is 5.91 Å². The molecule has 0 saturated heterocycles. The number of aromatic amines is 1. The number of amides is 1. The monoisotopic (exact) mass is 367 g/mol.